The van der Waals surface area contributed by atoms with E-state index in [2.05, 4.69) is 10.6 Å². The van der Waals surface area contributed by atoms with Gasteiger partial charge in [-0.2, -0.15) is 5.26 Å². The smallest absolute Gasteiger partial charge is 0.339 e. The maximum atomic E-state index is 12.2. The van der Waals surface area contributed by atoms with E-state index in [1.165, 1.54) is 13.3 Å². The van der Waals surface area contributed by atoms with E-state index < -0.39 is 11.9 Å². The van der Waals surface area contributed by atoms with Crippen molar-refractivity contribution in [2.45, 2.75) is 6.92 Å². The molecule has 2 aromatic rings. The Morgan fingerprint density at radius 1 is 1.12 bits per heavy atom. The van der Waals surface area contributed by atoms with E-state index in [9.17, 15) is 14.9 Å². The molecule has 6 nitrogen and oxygen atoms in total. The van der Waals surface area contributed by atoms with Gasteiger partial charge in [0.15, 0.2) is 0 Å². The van der Waals surface area contributed by atoms with Crippen LogP contribution in [0.3, 0.4) is 0 Å². The van der Waals surface area contributed by atoms with Gasteiger partial charge in [-0.25, -0.2) is 4.79 Å². The number of benzene rings is 2. The molecule has 0 spiro atoms. The quantitative estimate of drug-likeness (QED) is 0.497. The van der Waals surface area contributed by atoms with Gasteiger partial charge in [-0.15, -0.1) is 0 Å². The molecule has 0 aliphatic carbocycles. The van der Waals surface area contributed by atoms with Crippen molar-refractivity contribution < 1.29 is 14.3 Å². The van der Waals surface area contributed by atoms with Crippen molar-refractivity contribution in [2.75, 3.05) is 17.7 Å². The van der Waals surface area contributed by atoms with E-state index in [-0.39, 0.29) is 5.57 Å². The number of aryl methyl sites for hydroxylation is 1. The van der Waals surface area contributed by atoms with Crippen molar-refractivity contribution in [3.8, 4) is 6.07 Å². The first-order valence-electron chi connectivity index (χ1n) is 7.47. The number of ether oxygens (including phenoxy) is 1. The zero-order chi connectivity index (χ0) is 18.2. The van der Waals surface area contributed by atoms with Crippen LogP contribution in [-0.2, 0) is 9.53 Å². The largest absolute Gasteiger partial charge is 0.465 e. The van der Waals surface area contributed by atoms with Crippen molar-refractivity contribution in [2.24, 2.45) is 0 Å². The molecule has 0 heterocycles. The number of esters is 1. The number of rotatable bonds is 5. The minimum absolute atomic E-state index is 0.125. The maximum Gasteiger partial charge on any atom is 0.339 e. The molecule has 0 radical (unpaired) electrons. The lowest BCUT2D eigenvalue weighted by Crippen LogP contribution is -2.15. The zero-order valence-corrected chi connectivity index (χ0v) is 13.9. The van der Waals surface area contributed by atoms with Gasteiger partial charge in [0, 0.05) is 11.9 Å². The van der Waals surface area contributed by atoms with Crippen molar-refractivity contribution in [3.05, 3.63) is 71.4 Å². The van der Waals surface area contributed by atoms with Crippen molar-refractivity contribution in [1.29, 1.82) is 5.26 Å². The lowest BCUT2D eigenvalue weighted by molar-refractivity contribution is -0.112. The topological polar surface area (TPSA) is 91.2 Å². The van der Waals surface area contributed by atoms with E-state index in [0.717, 1.165) is 5.56 Å². The number of para-hydroxylation sites is 1. The number of nitrogens with zero attached hydrogens (tertiary/aromatic N) is 1. The average molecular weight is 335 g/mol. The van der Waals surface area contributed by atoms with Crippen molar-refractivity contribution in [3.63, 3.8) is 0 Å². The highest BCUT2D eigenvalue weighted by Crippen LogP contribution is 2.17. The standard InChI is InChI=1S/C19H17N3O3/c1-13-7-9-15(10-8-13)22-18(23)14(11-20)12-21-17-6-4-3-5-16(17)19(24)25-2/h3-10,12,21H,1-2H3,(H,22,23)/b14-12-. The summed E-state index contributed by atoms with van der Waals surface area (Å²) in [5.74, 6) is -1.06. The highest BCUT2D eigenvalue weighted by molar-refractivity contribution is 6.07. The average Bonchev–Trinajstić information content (AvgIpc) is 2.64. The first kappa shape index (κ1) is 17.8. The molecule has 1 amide bonds. The number of nitrogens with one attached hydrogen (secondary N) is 2. The second-order valence-electron chi connectivity index (χ2n) is 5.17. The van der Waals surface area contributed by atoms with Crippen LogP contribution in [0.5, 0.6) is 0 Å². The number of anilines is 2. The Balaban J connectivity index is 2.15. The van der Waals surface area contributed by atoms with E-state index >= 15 is 0 Å². The van der Waals surface area contributed by atoms with Crippen LogP contribution in [0.25, 0.3) is 0 Å². The first-order valence-corrected chi connectivity index (χ1v) is 7.47. The molecule has 0 atom stereocenters. The molecule has 2 N–H and O–H groups in total. The van der Waals surface area contributed by atoms with Crippen molar-refractivity contribution >= 4 is 23.3 Å². The highest BCUT2D eigenvalue weighted by Gasteiger charge is 2.12. The maximum absolute atomic E-state index is 12.2. The molecule has 25 heavy (non-hydrogen) atoms. The minimum Gasteiger partial charge on any atom is -0.465 e. The molecule has 0 saturated carbocycles. The van der Waals surface area contributed by atoms with Gasteiger partial charge in [-0.3, -0.25) is 4.79 Å². The second-order valence-corrected chi connectivity index (χ2v) is 5.17. The fraction of sp³-hybridized carbons (Fsp3) is 0.105. The SMILES string of the molecule is COC(=O)c1ccccc1N/C=C(/C#N)C(=O)Nc1ccc(C)cc1. The Morgan fingerprint density at radius 3 is 2.44 bits per heavy atom. The summed E-state index contributed by atoms with van der Waals surface area (Å²) in [6, 6.07) is 15.7. The second kappa shape index (κ2) is 8.31. The highest BCUT2D eigenvalue weighted by atomic mass is 16.5. The number of hydrogen-bond acceptors (Lipinski definition) is 5. The molecule has 2 rings (SSSR count). The Labute approximate surface area is 145 Å². The normalized spacial score (nSPS) is 10.5. The Kier molecular flexibility index (Phi) is 5.91. The molecule has 126 valence electrons. The fourth-order valence-corrected chi connectivity index (χ4v) is 2.03. The summed E-state index contributed by atoms with van der Waals surface area (Å²) in [5.41, 5.74) is 2.27. The number of carbonyl (C=O) groups is 2. The fourth-order valence-electron chi connectivity index (χ4n) is 2.03. The summed E-state index contributed by atoms with van der Waals surface area (Å²) in [6.07, 6.45) is 1.26. The van der Waals surface area contributed by atoms with E-state index in [4.69, 9.17) is 4.74 Å². The summed E-state index contributed by atoms with van der Waals surface area (Å²) >= 11 is 0. The van der Waals surface area contributed by atoms with Crippen LogP contribution >= 0.6 is 0 Å². The van der Waals surface area contributed by atoms with Crippen LogP contribution in [-0.4, -0.2) is 19.0 Å². The summed E-state index contributed by atoms with van der Waals surface area (Å²) in [7, 11) is 1.28. The lowest BCUT2D eigenvalue weighted by Gasteiger charge is -2.08. The van der Waals surface area contributed by atoms with Gasteiger partial charge in [-0.05, 0) is 31.2 Å². The molecule has 0 aliphatic rings. The third-order valence-electron chi connectivity index (χ3n) is 3.38. The number of amides is 1. The molecular formula is C19H17N3O3. The Morgan fingerprint density at radius 2 is 1.80 bits per heavy atom. The van der Waals surface area contributed by atoms with Crippen LogP contribution in [0.15, 0.2) is 60.3 Å². The van der Waals surface area contributed by atoms with Gasteiger partial charge < -0.3 is 15.4 Å². The number of carbonyl (C=O) groups excluding carboxylic acids is 2. The van der Waals surface area contributed by atoms with Gasteiger partial charge in [0.1, 0.15) is 11.6 Å². The molecule has 0 saturated heterocycles. The van der Waals surface area contributed by atoms with E-state index in [1.54, 1.807) is 36.4 Å². The van der Waals surface area contributed by atoms with Crippen LogP contribution < -0.4 is 10.6 Å². The summed E-state index contributed by atoms with van der Waals surface area (Å²) < 4.78 is 4.70. The van der Waals surface area contributed by atoms with Gasteiger partial charge >= 0.3 is 5.97 Å². The molecule has 0 aliphatic heterocycles. The predicted molar refractivity (Wildman–Crippen MR) is 94.9 cm³/mol. The summed E-state index contributed by atoms with van der Waals surface area (Å²) in [5, 5.41) is 14.7. The van der Waals surface area contributed by atoms with Crippen LogP contribution in [0.4, 0.5) is 11.4 Å². The van der Waals surface area contributed by atoms with Gasteiger partial charge in [0.2, 0.25) is 0 Å². The molecule has 0 unspecified atom stereocenters. The van der Waals surface area contributed by atoms with Gasteiger partial charge in [-0.1, -0.05) is 29.8 Å². The minimum atomic E-state index is -0.547. The monoisotopic (exact) mass is 335 g/mol. The summed E-state index contributed by atoms with van der Waals surface area (Å²) in [6.45, 7) is 1.94. The van der Waals surface area contributed by atoms with Gasteiger partial charge in [0.05, 0.1) is 18.4 Å². The lowest BCUT2D eigenvalue weighted by atomic mass is 10.1. The van der Waals surface area contributed by atoms with Crippen LogP contribution in [0, 0.1) is 18.3 Å². The molecule has 0 aromatic heterocycles. The Bertz CT molecular complexity index is 849. The molecular weight excluding hydrogens is 318 g/mol. The van der Waals surface area contributed by atoms with E-state index in [0.29, 0.717) is 16.9 Å². The number of methoxy groups -OCH3 is 1. The summed E-state index contributed by atoms with van der Waals surface area (Å²) in [4.78, 5) is 23.9. The van der Waals surface area contributed by atoms with E-state index in [1.807, 2.05) is 25.1 Å². The molecule has 0 fully saturated rings. The molecule has 6 heteroatoms. The third-order valence-corrected chi connectivity index (χ3v) is 3.38. The van der Waals surface area contributed by atoms with Crippen LogP contribution in [0.2, 0.25) is 0 Å². The third kappa shape index (κ3) is 4.69. The van der Waals surface area contributed by atoms with Crippen LogP contribution in [0.1, 0.15) is 15.9 Å². The Hall–Kier alpha value is -3.59. The number of nitriles is 1. The van der Waals surface area contributed by atoms with Gasteiger partial charge in [0.25, 0.3) is 5.91 Å². The molecule has 0 bridgehead atoms. The first-order chi connectivity index (χ1) is 12.0. The zero-order valence-electron chi connectivity index (χ0n) is 13.9. The van der Waals surface area contributed by atoms with Crippen molar-refractivity contribution in [1.82, 2.24) is 0 Å². The predicted octanol–water partition coefficient (Wildman–Crippen LogP) is 3.24. The number of hydrogen-bond donors (Lipinski definition) is 2. The molecule has 2 aromatic carbocycles.